The topological polar surface area (TPSA) is 132 Å². The highest BCUT2D eigenvalue weighted by Crippen LogP contribution is 2.31. The van der Waals surface area contributed by atoms with E-state index in [9.17, 15) is 10.0 Å². The number of hydrogen-bond donors (Lipinski definition) is 1. The van der Waals surface area contributed by atoms with Gasteiger partial charge in [-0.25, -0.2) is 15.1 Å². The second-order valence-electron chi connectivity index (χ2n) is 10.8. The average molecular weight is 602 g/mol. The first-order valence-electron chi connectivity index (χ1n) is 15.3. The third-order valence-electron chi connectivity index (χ3n) is 8.04. The van der Waals surface area contributed by atoms with Crippen LogP contribution in [0.1, 0.15) is 55.5 Å². The van der Waals surface area contributed by atoms with Crippen molar-refractivity contribution in [2.75, 3.05) is 13.1 Å². The van der Waals surface area contributed by atoms with Crippen LogP contribution in [0.3, 0.4) is 0 Å². The number of H-pyrrole nitrogens is 1. The van der Waals surface area contributed by atoms with E-state index >= 15 is 0 Å². The molecule has 0 radical (unpaired) electrons. The smallest absolute Gasteiger partial charge is 0.273 e. The Morgan fingerprint density at radius 1 is 0.933 bits per heavy atom. The fourth-order valence-electron chi connectivity index (χ4n) is 5.63. The van der Waals surface area contributed by atoms with Crippen molar-refractivity contribution in [2.24, 2.45) is 0 Å². The van der Waals surface area contributed by atoms with Crippen molar-refractivity contribution in [1.29, 1.82) is 0 Å². The lowest BCUT2D eigenvalue weighted by Gasteiger charge is -2.19. The van der Waals surface area contributed by atoms with Crippen molar-refractivity contribution >= 4 is 17.1 Å². The molecule has 0 unspecified atom stereocenters. The van der Waals surface area contributed by atoms with Gasteiger partial charge in [0.15, 0.2) is 17.7 Å². The van der Waals surface area contributed by atoms with Gasteiger partial charge in [0, 0.05) is 37.2 Å². The summed E-state index contributed by atoms with van der Waals surface area (Å²) in [6.45, 7) is 7.62. The molecule has 0 atom stereocenters. The number of tetrazole rings is 1. The molecule has 228 valence electrons. The van der Waals surface area contributed by atoms with E-state index in [1.54, 1.807) is 23.1 Å². The number of aromatic amines is 1. The number of rotatable bonds is 11. The van der Waals surface area contributed by atoms with Crippen LogP contribution in [0.25, 0.3) is 44.9 Å². The molecule has 4 aromatic heterocycles. The van der Waals surface area contributed by atoms with Crippen LogP contribution in [-0.4, -0.2) is 59.1 Å². The molecule has 4 heterocycles. The molecule has 45 heavy (non-hydrogen) atoms. The Labute approximate surface area is 261 Å². The van der Waals surface area contributed by atoms with Gasteiger partial charge in [0.05, 0.1) is 12.1 Å². The van der Waals surface area contributed by atoms with Crippen molar-refractivity contribution < 1.29 is 9.52 Å². The molecular formula is C34H35N9O2. The second kappa shape index (κ2) is 13.0. The lowest BCUT2D eigenvalue weighted by molar-refractivity contribution is -0.593. The van der Waals surface area contributed by atoms with Crippen LogP contribution in [0.15, 0.2) is 79.0 Å². The van der Waals surface area contributed by atoms with Gasteiger partial charge in [-0.05, 0) is 59.5 Å². The summed E-state index contributed by atoms with van der Waals surface area (Å²) in [7, 11) is 0. The van der Waals surface area contributed by atoms with E-state index in [1.165, 1.54) is 6.20 Å². The van der Waals surface area contributed by atoms with Crippen molar-refractivity contribution in [1.82, 2.24) is 40.1 Å². The maximum absolute atomic E-state index is 13.8. The molecule has 0 spiro atoms. The number of hydrogen-bond acceptors (Lipinski definition) is 7. The van der Waals surface area contributed by atoms with Gasteiger partial charge in [-0.15, -0.1) is 5.10 Å². The third-order valence-corrected chi connectivity index (χ3v) is 8.04. The summed E-state index contributed by atoms with van der Waals surface area (Å²) in [6.07, 6.45) is 4.18. The Balaban J connectivity index is 1.44. The SMILES string of the molecule is CCCCc1nc2cc(-c3cccc[n+]3[O-])c(C(=O)N(CC)CC)nc2n1Cc1ccc(-c2ccccc2-c2nnn[nH]2)cc1. The number of nitrogens with zero attached hydrogens (tertiary/aromatic N) is 8. The quantitative estimate of drug-likeness (QED) is 0.154. The first-order chi connectivity index (χ1) is 22.0. The van der Waals surface area contributed by atoms with Crippen LogP contribution in [0.4, 0.5) is 0 Å². The summed E-state index contributed by atoms with van der Waals surface area (Å²) in [4.78, 5) is 25.5. The van der Waals surface area contributed by atoms with Gasteiger partial charge in [0.1, 0.15) is 17.0 Å². The Morgan fingerprint density at radius 3 is 2.38 bits per heavy atom. The number of benzene rings is 2. The highest BCUT2D eigenvalue weighted by atomic mass is 16.5. The largest absolute Gasteiger partial charge is 0.618 e. The van der Waals surface area contributed by atoms with Gasteiger partial charge in [0.2, 0.25) is 5.69 Å². The summed E-state index contributed by atoms with van der Waals surface area (Å²) >= 11 is 0. The van der Waals surface area contributed by atoms with Crippen molar-refractivity contribution in [3.05, 3.63) is 101 Å². The Morgan fingerprint density at radius 2 is 1.69 bits per heavy atom. The molecule has 0 aliphatic heterocycles. The van der Waals surface area contributed by atoms with Crippen molar-refractivity contribution in [3.63, 3.8) is 0 Å². The zero-order valence-corrected chi connectivity index (χ0v) is 25.6. The van der Waals surface area contributed by atoms with E-state index in [0.717, 1.165) is 52.1 Å². The molecule has 0 bridgehead atoms. The van der Waals surface area contributed by atoms with Crippen LogP contribution in [0, 0.1) is 5.21 Å². The molecule has 6 rings (SSSR count). The van der Waals surface area contributed by atoms with Crippen LogP contribution < -0.4 is 4.73 Å². The molecule has 11 nitrogen and oxygen atoms in total. The molecule has 11 heteroatoms. The number of aryl methyl sites for hydroxylation is 1. The number of fused-ring (bicyclic) bond motifs is 1. The Bertz CT molecular complexity index is 1930. The van der Waals surface area contributed by atoms with Gasteiger partial charge in [-0.2, -0.15) is 4.73 Å². The molecule has 2 aromatic carbocycles. The predicted molar refractivity (Wildman–Crippen MR) is 172 cm³/mol. The summed E-state index contributed by atoms with van der Waals surface area (Å²) < 4.78 is 2.88. The number of imidazole rings is 1. The van der Waals surface area contributed by atoms with Crippen molar-refractivity contribution in [2.45, 2.75) is 46.6 Å². The summed E-state index contributed by atoms with van der Waals surface area (Å²) in [5.74, 6) is 1.29. The van der Waals surface area contributed by atoms with E-state index in [-0.39, 0.29) is 11.6 Å². The number of pyridine rings is 2. The predicted octanol–water partition coefficient (Wildman–Crippen LogP) is 5.45. The maximum Gasteiger partial charge on any atom is 0.273 e. The number of carbonyl (C=O) groups is 1. The molecule has 1 amide bonds. The maximum atomic E-state index is 13.8. The Kier molecular flexibility index (Phi) is 8.58. The summed E-state index contributed by atoms with van der Waals surface area (Å²) in [6, 6.07) is 23.4. The van der Waals surface area contributed by atoms with Gasteiger partial charge in [0.25, 0.3) is 5.91 Å². The molecule has 0 saturated heterocycles. The minimum atomic E-state index is -0.214. The normalized spacial score (nSPS) is 11.3. The highest BCUT2D eigenvalue weighted by molar-refractivity contribution is 6.00. The van der Waals surface area contributed by atoms with E-state index in [1.807, 2.05) is 44.2 Å². The monoisotopic (exact) mass is 601 g/mol. The number of unbranched alkanes of at least 4 members (excludes halogenated alkanes) is 1. The first-order valence-corrected chi connectivity index (χ1v) is 15.3. The first kappa shape index (κ1) is 29.6. The molecule has 6 aromatic rings. The Hall–Kier alpha value is -5.45. The third kappa shape index (κ3) is 5.88. The zero-order valence-electron chi connectivity index (χ0n) is 25.6. The summed E-state index contributed by atoms with van der Waals surface area (Å²) in [5.41, 5.74) is 6.41. The van der Waals surface area contributed by atoms with Gasteiger partial charge < -0.3 is 14.7 Å². The van der Waals surface area contributed by atoms with E-state index in [0.29, 0.717) is 47.9 Å². The highest BCUT2D eigenvalue weighted by Gasteiger charge is 2.26. The number of amides is 1. The zero-order chi connectivity index (χ0) is 31.3. The number of nitrogens with one attached hydrogen (secondary N) is 1. The lowest BCUT2D eigenvalue weighted by Crippen LogP contribution is -2.33. The van der Waals surface area contributed by atoms with E-state index < -0.39 is 0 Å². The summed E-state index contributed by atoms with van der Waals surface area (Å²) in [5, 5.41) is 27.2. The van der Waals surface area contributed by atoms with Crippen LogP contribution in [-0.2, 0) is 13.0 Å². The molecule has 0 fully saturated rings. The minimum absolute atomic E-state index is 0.214. The van der Waals surface area contributed by atoms with E-state index in [4.69, 9.17) is 9.97 Å². The van der Waals surface area contributed by atoms with E-state index in [2.05, 4.69) is 56.4 Å². The second-order valence-corrected chi connectivity index (χ2v) is 10.8. The number of aromatic nitrogens is 8. The minimum Gasteiger partial charge on any atom is -0.618 e. The van der Waals surface area contributed by atoms with Gasteiger partial charge in [-0.3, -0.25) is 4.79 Å². The number of carbonyl (C=O) groups excluding carboxylic acids is 1. The molecule has 0 saturated carbocycles. The van der Waals surface area contributed by atoms with Gasteiger partial charge in [-0.1, -0.05) is 61.9 Å². The fourth-order valence-corrected chi connectivity index (χ4v) is 5.63. The fraction of sp³-hybridized carbons (Fsp3) is 0.265. The molecular weight excluding hydrogens is 566 g/mol. The van der Waals surface area contributed by atoms with Crippen LogP contribution >= 0.6 is 0 Å². The van der Waals surface area contributed by atoms with Crippen molar-refractivity contribution in [3.8, 4) is 33.8 Å². The van der Waals surface area contributed by atoms with Crippen LogP contribution in [0.5, 0.6) is 0 Å². The lowest BCUT2D eigenvalue weighted by atomic mass is 9.98. The average Bonchev–Trinajstić information content (AvgIpc) is 3.73. The molecule has 1 N–H and O–H groups in total. The van der Waals surface area contributed by atoms with Crippen LogP contribution in [0.2, 0.25) is 0 Å². The molecule has 0 aliphatic rings. The molecule has 0 aliphatic carbocycles. The van der Waals surface area contributed by atoms with Gasteiger partial charge >= 0.3 is 0 Å². The standard InChI is InChI=1S/C34H35N9O2/c1-4-7-15-30-35-28-21-27(29-14-10-11-20-43(29)45)31(34(44)41(5-2)6-3)36-33(28)42(30)22-23-16-18-24(19-17-23)25-12-8-9-13-26(25)32-37-39-40-38-32/h8-14,16-21H,4-7,15,22H2,1-3H3,(H,37,38,39,40).